The molecule has 0 radical (unpaired) electrons. The van der Waals surface area contributed by atoms with Crippen LogP contribution < -0.4 is 22.5 Å². The number of hydrogen-bond donors (Lipinski definition) is 6. The molecule has 0 bridgehead atoms. The molecule has 3 aliphatic heterocycles. The lowest BCUT2D eigenvalue weighted by Gasteiger charge is -2.52. The molecule has 0 saturated carbocycles. The van der Waals surface area contributed by atoms with Gasteiger partial charge in [0.2, 0.25) is 0 Å². The zero-order chi connectivity index (χ0) is 41.7. The van der Waals surface area contributed by atoms with Gasteiger partial charge >= 0.3 is 28.5 Å². The van der Waals surface area contributed by atoms with Crippen LogP contribution in [-0.2, 0) is 33.9 Å². The van der Waals surface area contributed by atoms with Crippen LogP contribution in [0.4, 0.5) is 0 Å². The second kappa shape index (κ2) is 16.3. The molecule has 19 nitrogen and oxygen atoms in total. The van der Waals surface area contributed by atoms with Crippen molar-refractivity contribution in [1.82, 2.24) is 19.1 Å². The monoisotopic (exact) mass is 824 g/mol. The van der Waals surface area contributed by atoms with Crippen molar-refractivity contribution in [2.75, 3.05) is 13.2 Å². The Bertz CT molecular complexity index is 2030. The molecule has 3 fully saturated rings. The molecule has 3 aliphatic rings. The van der Waals surface area contributed by atoms with Gasteiger partial charge in [-0.05, 0) is 36.0 Å². The Morgan fingerprint density at radius 1 is 0.804 bits per heavy atom. The van der Waals surface area contributed by atoms with Gasteiger partial charge < -0.3 is 42.9 Å². The molecule has 0 aliphatic carbocycles. The van der Waals surface area contributed by atoms with Crippen LogP contribution in [0, 0.1) is 22.7 Å². The molecule has 0 aromatic carbocycles. The number of aromatic nitrogens is 4. The molecular weight excluding hydrogens is 769 g/mol. The largest absolute Gasteiger partial charge is 0.414 e. The van der Waals surface area contributed by atoms with Crippen molar-refractivity contribution in [2.24, 2.45) is 0 Å². The van der Waals surface area contributed by atoms with E-state index in [9.17, 15) is 45.0 Å². The van der Waals surface area contributed by atoms with E-state index < -0.39 is 93.3 Å². The number of aliphatic hydroxyl groups excluding tert-OH is 2. The number of hydrogen-bond acceptors (Lipinski definition) is 15. The summed E-state index contributed by atoms with van der Waals surface area (Å²) in [7, 11) is -5.98. The van der Waals surface area contributed by atoms with Crippen LogP contribution in [0.2, 0.25) is 22.2 Å². The van der Waals surface area contributed by atoms with E-state index in [0.717, 1.165) is 36.0 Å². The fourth-order valence-corrected chi connectivity index (χ4v) is 19.1. The Kier molecular flexibility index (Phi) is 13.7. The fourth-order valence-electron chi connectivity index (χ4n) is 7.81. The van der Waals surface area contributed by atoms with Crippen molar-refractivity contribution < 1.29 is 42.9 Å². The molecule has 2 aromatic heterocycles. The van der Waals surface area contributed by atoms with Gasteiger partial charge in [0.1, 0.15) is 36.6 Å². The summed E-state index contributed by atoms with van der Waals surface area (Å²) in [6, 6.07) is 5.73. The molecule has 0 spiro atoms. The number of fused-ring (bicyclic) bond motifs is 1. The van der Waals surface area contributed by atoms with E-state index in [1.165, 1.54) is 6.92 Å². The summed E-state index contributed by atoms with van der Waals surface area (Å²) in [4.78, 5) is 51.3. The molecule has 0 amide bonds. The summed E-state index contributed by atoms with van der Waals surface area (Å²) in [5, 5.41) is 61.0. The fraction of sp³-hybridized carbons (Fsp3) is 0.714. The number of rotatable bonds is 7. The average molecular weight is 825 g/mol. The normalized spacial score (nSPS) is 33.4. The highest BCUT2D eigenvalue weighted by Crippen LogP contribution is 2.52. The predicted octanol–water partition coefficient (Wildman–Crippen LogP) is 0.671. The van der Waals surface area contributed by atoms with Crippen molar-refractivity contribution in [1.29, 1.82) is 10.5 Å². The highest BCUT2D eigenvalue weighted by Gasteiger charge is 2.70. The van der Waals surface area contributed by atoms with Gasteiger partial charge in [-0.2, -0.15) is 10.5 Å². The number of nitrogens with zero attached hydrogens (tertiary/aromatic N) is 4. The Balaban J connectivity index is 0.000000340. The molecule has 5 heterocycles. The molecule has 312 valence electrons. The SMILES string of the molecule is C.CC(C)[Si]1(C(C)C)OC[C@H]2O[C@@](C#N)(n3ccc(=O)[nH]c3=O)[C@](C)(O)[C@@H]2O[Si](C(C)C)(C(C)C)O1.C[C@@]1(O)[C@H](O)[C@@H](CO)O[C@@]1(C#N)n1ccc(=O)[nH]c1=O. The van der Waals surface area contributed by atoms with Gasteiger partial charge in [-0.15, -0.1) is 0 Å². The third-order valence-electron chi connectivity index (χ3n) is 11.0. The van der Waals surface area contributed by atoms with Crippen molar-refractivity contribution in [3.05, 3.63) is 66.2 Å². The Hall–Kier alpha value is -3.59. The maximum absolute atomic E-state index is 12.7. The summed E-state index contributed by atoms with van der Waals surface area (Å²) >= 11 is 0. The van der Waals surface area contributed by atoms with Gasteiger partial charge in [-0.25, -0.2) is 9.59 Å². The minimum Gasteiger partial charge on any atom is -0.414 e. The molecule has 5 rings (SSSR count). The van der Waals surface area contributed by atoms with E-state index in [2.05, 4.69) is 60.4 Å². The number of aliphatic hydroxyl groups is 4. The Morgan fingerprint density at radius 3 is 1.59 bits per heavy atom. The van der Waals surface area contributed by atoms with E-state index in [-0.39, 0.29) is 36.2 Å². The average Bonchev–Trinajstić information content (AvgIpc) is 3.42. The minimum absolute atomic E-state index is 0. The Morgan fingerprint density at radius 2 is 1.23 bits per heavy atom. The van der Waals surface area contributed by atoms with Crippen molar-refractivity contribution in [3.8, 4) is 12.1 Å². The molecule has 6 N–H and O–H groups in total. The summed E-state index contributed by atoms with van der Waals surface area (Å²) < 4.78 is 33.7. The number of nitriles is 2. The molecule has 0 unspecified atom stereocenters. The van der Waals surface area contributed by atoms with Crippen LogP contribution in [-0.4, -0.2) is 105 Å². The first-order valence-corrected chi connectivity index (χ1v) is 21.9. The third kappa shape index (κ3) is 7.13. The topological polar surface area (TPSA) is 284 Å². The van der Waals surface area contributed by atoms with Gasteiger partial charge in [0.25, 0.3) is 22.6 Å². The number of ether oxygens (including phenoxy) is 2. The van der Waals surface area contributed by atoms with E-state index in [0.29, 0.717) is 4.57 Å². The molecule has 2 aromatic rings. The number of nitrogens with one attached hydrogen (secondary N) is 2. The maximum Gasteiger partial charge on any atom is 0.335 e. The molecule has 21 heteroatoms. The lowest BCUT2D eigenvalue weighted by atomic mass is 9.88. The summed E-state index contributed by atoms with van der Waals surface area (Å²) in [5.74, 6) is 0. The second-order valence-corrected chi connectivity index (χ2v) is 24.6. The molecule has 56 heavy (non-hydrogen) atoms. The minimum atomic E-state index is -3.11. The van der Waals surface area contributed by atoms with E-state index in [1.807, 2.05) is 11.1 Å². The zero-order valence-electron chi connectivity index (χ0n) is 32.6. The van der Waals surface area contributed by atoms with E-state index in [4.69, 9.17) is 27.5 Å². The number of aromatic amines is 2. The second-order valence-electron chi connectivity index (χ2n) is 15.7. The van der Waals surface area contributed by atoms with Crippen LogP contribution in [0.15, 0.2) is 43.7 Å². The standard InChI is InChI=1S/C23H39N3O7Si2.C11H13N3O6.CH4/c1-14(2)34(15(3)4)30-12-18-20(32-35(33-34,16(5)6)17(7)8)22(9,29)23(13-24,31-18)26-11-10-19(27)25-21(26)28;1-10(19)8(17)6(4-15)20-11(10,5-12)14-3-2-7(16)13-9(14)18;/h10-11,14-18,20,29H,12H2,1-9H3,(H,25,27,28);2-3,6,8,15,17,19H,4H2,1H3,(H,13,16,18);1H4/t18-,20-,22-,23-;6-,8-,10-,11-;/m11./s1. The lowest BCUT2D eigenvalue weighted by Crippen LogP contribution is -2.67. The molecule has 8 atom stereocenters. The van der Waals surface area contributed by atoms with Crippen molar-refractivity contribution in [3.63, 3.8) is 0 Å². The van der Waals surface area contributed by atoms with Crippen LogP contribution >= 0.6 is 0 Å². The van der Waals surface area contributed by atoms with Crippen LogP contribution in [0.5, 0.6) is 0 Å². The molecular formula is C35H56N6O13Si2. The summed E-state index contributed by atoms with van der Waals surface area (Å²) in [5.41, 5.74) is -11.5. The van der Waals surface area contributed by atoms with Gasteiger partial charge in [0.15, 0.2) is 11.2 Å². The Labute approximate surface area is 326 Å². The van der Waals surface area contributed by atoms with Gasteiger partial charge in [-0.1, -0.05) is 62.8 Å². The molecule has 3 saturated heterocycles. The van der Waals surface area contributed by atoms with Gasteiger partial charge in [0, 0.05) is 24.5 Å². The first kappa shape index (κ1) is 46.8. The predicted molar refractivity (Wildman–Crippen MR) is 204 cm³/mol. The van der Waals surface area contributed by atoms with Gasteiger partial charge in [0.05, 0.1) is 13.2 Å². The zero-order valence-corrected chi connectivity index (χ0v) is 34.6. The van der Waals surface area contributed by atoms with Gasteiger partial charge in [-0.3, -0.25) is 28.7 Å². The highest BCUT2D eigenvalue weighted by molar-refractivity contribution is 6.84. The number of H-pyrrole nitrogens is 2. The van der Waals surface area contributed by atoms with Crippen LogP contribution in [0.25, 0.3) is 0 Å². The summed E-state index contributed by atoms with van der Waals surface area (Å²) in [6.45, 7) is 18.5. The quantitative estimate of drug-likeness (QED) is 0.209. The van der Waals surface area contributed by atoms with Crippen LogP contribution in [0.3, 0.4) is 0 Å². The van der Waals surface area contributed by atoms with E-state index >= 15 is 0 Å². The van der Waals surface area contributed by atoms with Crippen molar-refractivity contribution >= 4 is 17.1 Å². The maximum atomic E-state index is 12.7. The first-order chi connectivity index (χ1) is 25.4. The smallest absolute Gasteiger partial charge is 0.335 e. The first-order valence-electron chi connectivity index (χ1n) is 18.0. The summed E-state index contributed by atoms with van der Waals surface area (Å²) in [6.07, 6.45) is -2.56. The van der Waals surface area contributed by atoms with Crippen molar-refractivity contribution in [2.45, 2.75) is 146 Å². The highest BCUT2D eigenvalue weighted by atomic mass is 28.5. The lowest BCUT2D eigenvalue weighted by molar-refractivity contribution is -0.152. The van der Waals surface area contributed by atoms with Crippen LogP contribution in [0.1, 0.15) is 76.7 Å². The van der Waals surface area contributed by atoms with E-state index in [1.54, 1.807) is 6.07 Å². The third-order valence-corrected chi connectivity index (χ3v) is 21.2.